The number of hydrogen-bond donors (Lipinski definition) is 2. The Morgan fingerprint density at radius 3 is 2.58 bits per heavy atom. The molecular formula is C14H11N3OS. The van der Waals surface area contributed by atoms with Crippen molar-refractivity contribution in [1.82, 2.24) is 4.98 Å². The summed E-state index contributed by atoms with van der Waals surface area (Å²) in [7, 11) is 0. The summed E-state index contributed by atoms with van der Waals surface area (Å²) in [6.45, 7) is 0. The van der Waals surface area contributed by atoms with Gasteiger partial charge in [-0.3, -0.25) is 10.2 Å². The summed E-state index contributed by atoms with van der Waals surface area (Å²) >= 11 is 1.36. The molecule has 1 heterocycles. The van der Waals surface area contributed by atoms with Crippen LogP contribution in [0.5, 0.6) is 0 Å². The normalized spacial score (nSPS) is 11.7. The van der Waals surface area contributed by atoms with Crippen LogP contribution in [-0.2, 0) is 0 Å². The van der Waals surface area contributed by atoms with Gasteiger partial charge in [0.25, 0.3) is 5.56 Å². The molecule has 0 atom stereocenters. The van der Waals surface area contributed by atoms with Gasteiger partial charge in [0.1, 0.15) is 0 Å². The molecule has 4 nitrogen and oxygen atoms in total. The van der Waals surface area contributed by atoms with Crippen molar-refractivity contribution in [2.24, 2.45) is 5.10 Å². The fraction of sp³-hybridized carbons (Fsp3) is 0. The van der Waals surface area contributed by atoms with Gasteiger partial charge >= 0.3 is 0 Å². The molecule has 0 spiro atoms. The van der Waals surface area contributed by atoms with Crippen LogP contribution in [0.1, 0.15) is 0 Å². The minimum Gasteiger partial charge on any atom is -0.319 e. The first-order valence-electron chi connectivity index (χ1n) is 5.80. The number of nitrogens with zero attached hydrogens (tertiary/aromatic N) is 1. The van der Waals surface area contributed by atoms with E-state index >= 15 is 0 Å². The highest BCUT2D eigenvalue weighted by Crippen LogP contribution is 2.10. The van der Waals surface area contributed by atoms with Gasteiger partial charge < -0.3 is 4.98 Å². The highest BCUT2D eigenvalue weighted by Gasteiger charge is 1.97. The fourth-order valence-corrected chi connectivity index (χ4v) is 2.51. The zero-order chi connectivity index (χ0) is 13.1. The molecule has 0 amide bonds. The maximum atomic E-state index is 11.9. The number of fused-ring (bicyclic) bond motifs is 1. The lowest BCUT2D eigenvalue weighted by Crippen LogP contribution is -2.25. The topological polar surface area (TPSA) is 57.2 Å². The number of aromatic nitrogens is 1. The highest BCUT2D eigenvalue weighted by atomic mass is 32.1. The second-order valence-corrected chi connectivity index (χ2v) is 4.98. The van der Waals surface area contributed by atoms with Crippen LogP contribution in [0.15, 0.2) is 64.5 Å². The molecule has 0 fully saturated rings. The summed E-state index contributed by atoms with van der Waals surface area (Å²) in [5.41, 5.74) is 4.37. The summed E-state index contributed by atoms with van der Waals surface area (Å²) in [5.74, 6) is 0. The fourth-order valence-electron chi connectivity index (χ4n) is 1.69. The second-order valence-electron chi connectivity index (χ2n) is 3.95. The number of H-pyrrole nitrogens is 1. The van der Waals surface area contributed by atoms with E-state index in [1.54, 1.807) is 0 Å². The van der Waals surface area contributed by atoms with Crippen LogP contribution in [0.25, 0.3) is 10.2 Å². The molecule has 19 heavy (non-hydrogen) atoms. The Morgan fingerprint density at radius 2 is 1.74 bits per heavy atom. The maximum absolute atomic E-state index is 11.9. The van der Waals surface area contributed by atoms with Crippen molar-refractivity contribution in [2.75, 3.05) is 5.43 Å². The van der Waals surface area contributed by atoms with E-state index in [1.165, 1.54) is 11.3 Å². The minimum atomic E-state index is -0.188. The van der Waals surface area contributed by atoms with E-state index in [1.807, 2.05) is 54.6 Å². The average Bonchev–Trinajstić information content (AvgIpc) is 2.46. The Balaban J connectivity index is 2.05. The molecule has 94 valence electrons. The smallest absolute Gasteiger partial charge is 0.286 e. The summed E-state index contributed by atoms with van der Waals surface area (Å²) in [6, 6.07) is 17.2. The number of nitrogens with one attached hydrogen (secondary N) is 2. The molecule has 0 saturated carbocycles. The van der Waals surface area contributed by atoms with Crippen molar-refractivity contribution < 1.29 is 0 Å². The monoisotopic (exact) mass is 270 g/mol. The summed E-state index contributed by atoms with van der Waals surface area (Å²) in [4.78, 5) is 14.7. The Kier molecular flexibility index (Phi) is 3.12. The molecule has 3 rings (SSSR count). The van der Waals surface area contributed by atoms with Crippen molar-refractivity contribution >= 4 is 27.2 Å². The van der Waals surface area contributed by atoms with Gasteiger partial charge in [0, 0.05) is 0 Å². The Morgan fingerprint density at radius 1 is 1.00 bits per heavy atom. The molecular weight excluding hydrogens is 259 g/mol. The summed E-state index contributed by atoms with van der Waals surface area (Å²) < 4.78 is 1.40. The molecule has 3 aromatic rings. The van der Waals surface area contributed by atoms with E-state index in [4.69, 9.17) is 0 Å². The quantitative estimate of drug-likeness (QED) is 0.555. The average molecular weight is 270 g/mol. The van der Waals surface area contributed by atoms with Gasteiger partial charge in [-0.05, 0) is 24.3 Å². The second kappa shape index (κ2) is 5.07. The molecule has 5 heteroatoms. The maximum Gasteiger partial charge on any atom is 0.286 e. The largest absolute Gasteiger partial charge is 0.319 e. The van der Waals surface area contributed by atoms with Gasteiger partial charge in [-0.15, -0.1) is 11.3 Å². The van der Waals surface area contributed by atoms with E-state index in [0.29, 0.717) is 4.67 Å². The lowest BCUT2D eigenvalue weighted by molar-refractivity contribution is 1.18. The van der Waals surface area contributed by atoms with E-state index in [-0.39, 0.29) is 5.56 Å². The number of rotatable bonds is 2. The Labute approximate surface area is 113 Å². The number of aromatic amines is 1. The van der Waals surface area contributed by atoms with Crippen molar-refractivity contribution in [3.8, 4) is 0 Å². The Hall–Kier alpha value is -2.40. The van der Waals surface area contributed by atoms with E-state index in [9.17, 15) is 4.79 Å². The third kappa shape index (κ3) is 2.56. The number of hydrogen-bond acceptors (Lipinski definition) is 4. The molecule has 0 aliphatic heterocycles. The first kappa shape index (κ1) is 11.7. The number of benzene rings is 2. The Bertz CT molecular complexity index is 821. The molecule has 0 aliphatic rings. The SMILES string of the molecule is O=c1[nH]c2ccccc2s/c1=N\[15NH]c1ccccc1. The van der Waals surface area contributed by atoms with Gasteiger partial charge in [-0.1, -0.05) is 30.3 Å². The molecule has 0 saturated heterocycles. The molecule has 2 N–H and O–H groups in total. The van der Waals surface area contributed by atoms with Crippen LogP contribution in [0, 0.1) is 0 Å². The minimum absolute atomic E-state index is 0.188. The molecule has 0 aliphatic carbocycles. The number of anilines is 1. The predicted molar refractivity (Wildman–Crippen MR) is 78.1 cm³/mol. The third-order valence-corrected chi connectivity index (χ3v) is 3.64. The van der Waals surface area contributed by atoms with Crippen LogP contribution in [0.4, 0.5) is 5.69 Å². The van der Waals surface area contributed by atoms with Crippen LogP contribution in [0.3, 0.4) is 0 Å². The summed E-state index contributed by atoms with van der Waals surface area (Å²) in [5, 5.41) is 4.15. The molecule has 2 aromatic carbocycles. The van der Waals surface area contributed by atoms with Crippen molar-refractivity contribution in [2.45, 2.75) is 0 Å². The van der Waals surface area contributed by atoms with Gasteiger partial charge in [0.2, 0.25) is 4.67 Å². The summed E-state index contributed by atoms with van der Waals surface area (Å²) in [6.07, 6.45) is 0. The van der Waals surface area contributed by atoms with Gasteiger partial charge in [-0.2, -0.15) is 5.10 Å². The first-order chi connectivity index (χ1) is 9.33. The van der Waals surface area contributed by atoms with Gasteiger partial charge in [0.05, 0.1) is 15.9 Å². The first-order valence-corrected chi connectivity index (χ1v) is 6.61. The van der Waals surface area contributed by atoms with Crippen molar-refractivity contribution in [1.29, 1.82) is 0 Å². The van der Waals surface area contributed by atoms with Crippen LogP contribution in [0.2, 0.25) is 0 Å². The standard InChI is InChI=1S/C14H11N3OS/c18-13-14(17-16-10-6-2-1-3-7-10)19-12-9-5-4-8-11(12)15-13/h1-9,16H,(H,15,18)/b17-14-/i16+1. The van der Waals surface area contributed by atoms with E-state index in [2.05, 4.69) is 15.5 Å². The van der Waals surface area contributed by atoms with E-state index < -0.39 is 0 Å². The third-order valence-electron chi connectivity index (χ3n) is 2.60. The number of para-hydroxylation sites is 2. The molecule has 0 unspecified atom stereocenters. The van der Waals surface area contributed by atoms with Crippen molar-refractivity contribution in [3.05, 3.63) is 69.6 Å². The molecule has 0 radical (unpaired) electrons. The lowest BCUT2D eigenvalue weighted by Gasteiger charge is -1.98. The highest BCUT2D eigenvalue weighted by molar-refractivity contribution is 7.16. The zero-order valence-electron chi connectivity index (χ0n) is 9.96. The molecule has 1 aromatic heterocycles. The van der Waals surface area contributed by atoms with Gasteiger partial charge in [0.15, 0.2) is 0 Å². The van der Waals surface area contributed by atoms with Crippen LogP contribution < -0.4 is 15.7 Å². The zero-order valence-corrected chi connectivity index (χ0v) is 10.8. The van der Waals surface area contributed by atoms with Crippen LogP contribution in [-0.4, -0.2) is 4.98 Å². The van der Waals surface area contributed by atoms with Gasteiger partial charge in [-0.25, -0.2) is 0 Å². The lowest BCUT2D eigenvalue weighted by atomic mass is 10.3. The predicted octanol–water partition coefficient (Wildman–Crippen LogP) is 2.52. The molecule has 0 bridgehead atoms. The van der Waals surface area contributed by atoms with Crippen molar-refractivity contribution in [3.63, 3.8) is 0 Å². The van der Waals surface area contributed by atoms with Crippen LogP contribution >= 0.6 is 11.3 Å². The van der Waals surface area contributed by atoms with E-state index in [0.717, 1.165) is 15.9 Å².